The van der Waals surface area contributed by atoms with Gasteiger partial charge in [0.25, 0.3) is 5.91 Å². The van der Waals surface area contributed by atoms with Crippen molar-refractivity contribution in [3.8, 4) is 10.4 Å². The van der Waals surface area contributed by atoms with Crippen molar-refractivity contribution in [3.05, 3.63) is 42.0 Å². The van der Waals surface area contributed by atoms with Gasteiger partial charge in [-0.25, -0.2) is 4.79 Å². The first kappa shape index (κ1) is 19.1. The second-order valence-electron chi connectivity index (χ2n) is 6.28. The van der Waals surface area contributed by atoms with Crippen LogP contribution in [-0.4, -0.2) is 30.6 Å². The van der Waals surface area contributed by atoms with Crippen molar-refractivity contribution in [1.82, 2.24) is 0 Å². The van der Waals surface area contributed by atoms with Gasteiger partial charge in [-0.2, -0.15) is 0 Å². The number of amides is 1. The van der Waals surface area contributed by atoms with Gasteiger partial charge >= 0.3 is 11.9 Å². The van der Waals surface area contributed by atoms with E-state index in [1.807, 2.05) is 30.3 Å². The number of carbonyl (C=O) groups excluding carboxylic acids is 3. The molecule has 142 valence electrons. The van der Waals surface area contributed by atoms with Crippen molar-refractivity contribution in [1.29, 1.82) is 0 Å². The Morgan fingerprint density at radius 2 is 1.93 bits per heavy atom. The van der Waals surface area contributed by atoms with Crippen LogP contribution in [-0.2, 0) is 19.1 Å². The lowest BCUT2D eigenvalue weighted by Gasteiger charge is -2.13. The zero-order valence-electron chi connectivity index (χ0n) is 15.2. The van der Waals surface area contributed by atoms with Crippen LogP contribution in [0.2, 0.25) is 0 Å². The minimum absolute atomic E-state index is 0.0817. The van der Waals surface area contributed by atoms with Crippen LogP contribution in [0.3, 0.4) is 0 Å². The minimum Gasteiger partial charge on any atom is -0.462 e. The quantitative estimate of drug-likeness (QED) is 0.729. The number of hydrogen-bond acceptors (Lipinski definition) is 6. The summed E-state index contributed by atoms with van der Waals surface area (Å²) in [7, 11) is 0. The number of esters is 2. The fraction of sp³-hybridized carbons (Fsp3) is 0.350. The van der Waals surface area contributed by atoms with E-state index in [1.165, 1.54) is 18.3 Å². The van der Waals surface area contributed by atoms with E-state index in [0.29, 0.717) is 5.00 Å². The summed E-state index contributed by atoms with van der Waals surface area (Å²) in [5.41, 5.74) is 1.22. The molecule has 1 amide bonds. The minimum atomic E-state index is -0.935. The lowest BCUT2D eigenvalue weighted by Crippen LogP contribution is -2.30. The van der Waals surface area contributed by atoms with Crippen molar-refractivity contribution in [3.63, 3.8) is 0 Å². The molecule has 1 atom stereocenters. The SMILES string of the molecule is CCOC(=O)c1cc(-c2ccccc2)sc1NC(=O)[C@@H](C)OC(=O)C1CC1. The van der Waals surface area contributed by atoms with Crippen LogP contribution in [0.15, 0.2) is 36.4 Å². The molecule has 1 aromatic heterocycles. The van der Waals surface area contributed by atoms with E-state index in [1.54, 1.807) is 13.0 Å². The molecule has 1 heterocycles. The van der Waals surface area contributed by atoms with Gasteiger partial charge in [-0.1, -0.05) is 30.3 Å². The Morgan fingerprint density at radius 1 is 1.22 bits per heavy atom. The van der Waals surface area contributed by atoms with Gasteiger partial charge in [0, 0.05) is 4.88 Å². The molecule has 1 aromatic carbocycles. The van der Waals surface area contributed by atoms with E-state index in [0.717, 1.165) is 23.3 Å². The predicted molar refractivity (Wildman–Crippen MR) is 103 cm³/mol. The van der Waals surface area contributed by atoms with Gasteiger partial charge in [0.1, 0.15) is 5.00 Å². The maximum atomic E-state index is 12.4. The number of thiophene rings is 1. The highest BCUT2D eigenvalue weighted by Gasteiger charge is 2.33. The first-order chi connectivity index (χ1) is 13.0. The van der Waals surface area contributed by atoms with Crippen LogP contribution in [0.25, 0.3) is 10.4 Å². The van der Waals surface area contributed by atoms with Gasteiger partial charge < -0.3 is 14.8 Å². The predicted octanol–water partition coefficient (Wildman–Crippen LogP) is 3.87. The summed E-state index contributed by atoms with van der Waals surface area (Å²) in [5, 5.41) is 3.09. The number of ether oxygens (including phenoxy) is 2. The molecule has 2 aromatic rings. The summed E-state index contributed by atoms with van der Waals surface area (Å²) in [5.74, 6) is -1.41. The molecule has 0 saturated heterocycles. The number of anilines is 1. The zero-order chi connectivity index (χ0) is 19.4. The second kappa shape index (κ2) is 8.35. The molecule has 1 saturated carbocycles. The van der Waals surface area contributed by atoms with Crippen LogP contribution in [0.1, 0.15) is 37.0 Å². The third kappa shape index (κ3) is 4.74. The van der Waals surface area contributed by atoms with Crippen LogP contribution in [0, 0.1) is 5.92 Å². The Labute approximate surface area is 161 Å². The van der Waals surface area contributed by atoms with Gasteiger partial charge in [0.2, 0.25) is 0 Å². The molecular weight excluding hydrogens is 366 g/mol. The maximum Gasteiger partial charge on any atom is 0.341 e. The molecule has 0 bridgehead atoms. The van der Waals surface area contributed by atoms with E-state index in [4.69, 9.17) is 9.47 Å². The second-order valence-corrected chi connectivity index (χ2v) is 7.33. The monoisotopic (exact) mass is 387 g/mol. The molecule has 0 spiro atoms. The van der Waals surface area contributed by atoms with Crippen LogP contribution in [0.5, 0.6) is 0 Å². The average molecular weight is 387 g/mol. The smallest absolute Gasteiger partial charge is 0.341 e. The molecule has 0 radical (unpaired) electrons. The van der Waals surface area contributed by atoms with Gasteiger partial charge in [-0.15, -0.1) is 11.3 Å². The lowest BCUT2D eigenvalue weighted by atomic mass is 10.1. The number of nitrogens with one attached hydrogen (secondary N) is 1. The van der Waals surface area contributed by atoms with Gasteiger partial charge in [0.15, 0.2) is 6.10 Å². The van der Waals surface area contributed by atoms with Gasteiger partial charge in [-0.3, -0.25) is 9.59 Å². The molecule has 3 rings (SSSR count). The van der Waals surface area contributed by atoms with Crippen molar-refractivity contribution in [2.24, 2.45) is 5.92 Å². The van der Waals surface area contributed by atoms with Crippen LogP contribution in [0.4, 0.5) is 5.00 Å². The Morgan fingerprint density at radius 3 is 2.56 bits per heavy atom. The Bertz CT molecular complexity index is 841. The molecule has 0 unspecified atom stereocenters. The summed E-state index contributed by atoms with van der Waals surface area (Å²) in [4.78, 5) is 37.3. The first-order valence-electron chi connectivity index (χ1n) is 8.87. The summed E-state index contributed by atoms with van der Waals surface area (Å²) in [6.07, 6.45) is 0.687. The first-order valence-corrected chi connectivity index (χ1v) is 9.69. The molecule has 7 heteroatoms. The number of rotatable bonds is 7. The van der Waals surface area contributed by atoms with E-state index in [9.17, 15) is 14.4 Å². The largest absolute Gasteiger partial charge is 0.462 e. The Balaban J connectivity index is 1.79. The third-order valence-electron chi connectivity index (χ3n) is 4.10. The van der Waals surface area contributed by atoms with E-state index in [-0.39, 0.29) is 24.1 Å². The van der Waals surface area contributed by atoms with Crippen molar-refractivity contribution < 1.29 is 23.9 Å². The standard InChI is InChI=1S/C20H21NO5S/c1-3-25-20(24)15-11-16(13-7-5-4-6-8-13)27-18(15)21-17(22)12(2)26-19(23)14-9-10-14/h4-8,11-12,14H,3,9-10H2,1-2H3,(H,21,22)/t12-/m1/s1. The molecule has 27 heavy (non-hydrogen) atoms. The van der Waals surface area contributed by atoms with Gasteiger partial charge in [-0.05, 0) is 38.3 Å². The molecule has 1 aliphatic carbocycles. The molecular formula is C20H21NO5S. The number of carbonyl (C=O) groups is 3. The summed E-state index contributed by atoms with van der Waals surface area (Å²) in [6.45, 7) is 3.48. The van der Waals surface area contributed by atoms with Crippen molar-refractivity contribution >= 4 is 34.2 Å². The highest BCUT2D eigenvalue weighted by molar-refractivity contribution is 7.20. The highest BCUT2D eigenvalue weighted by atomic mass is 32.1. The molecule has 0 aliphatic heterocycles. The maximum absolute atomic E-state index is 12.4. The average Bonchev–Trinajstić information content (AvgIpc) is 3.43. The fourth-order valence-electron chi connectivity index (χ4n) is 2.45. The lowest BCUT2D eigenvalue weighted by molar-refractivity contribution is -0.154. The Hall–Kier alpha value is -2.67. The number of hydrogen-bond donors (Lipinski definition) is 1. The normalized spacial score (nSPS) is 14.3. The highest BCUT2D eigenvalue weighted by Crippen LogP contribution is 2.36. The van der Waals surface area contributed by atoms with Crippen LogP contribution >= 0.6 is 11.3 Å². The van der Waals surface area contributed by atoms with E-state index < -0.39 is 18.0 Å². The zero-order valence-corrected chi connectivity index (χ0v) is 16.0. The van der Waals surface area contributed by atoms with Gasteiger partial charge in [0.05, 0.1) is 18.1 Å². The van der Waals surface area contributed by atoms with E-state index >= 15 is 0 Å². The molecule has 1 aliphatic rings. The van der Waals surface area contributed by atoms with E-state index in [2.05, 4.69) is 5.32 Å². The number of benzene rings is 1. The molecule has 1 fully saturated rings. The van der Waals surface area contributed by atoms with Crippen LogP contribution < -0.4 is 5.32 Å². The summed E-state index contributed by atoms with van der Waals surface area (Å²) in [6, 6.07) is 11.3. The van der Waals surface area contributed by atoms with Crippen molar-refractivity contribution in [2.45, 2.75) is 32.8 Å². The molecule has 6 nitrogen and oxygen atoms in total. The molecule has 1 N–H and O–H groups in total. The fourth-order valence-corrected chi connectivity index (χ4v) is 3.50. The Kier molecular flexibility index (Phi) is 5.91. The topological polar surface area (TPSA) is 81.7 Å². The third-order valence-corrected chi connectivity index (χ3v) is 5.19. The summed E-state index contributed by atoms with van der Waals surface area (Å²) >= 11 is 1.28. The van der Waals surface area contributed by atoms with Crippen molar-refractivity contribution in [2.75, 3.05) is 11.9 Å². The summed E-state index contributed by atoms with van der Waals surface area (Å²) < 4.78 is 10.3.